The molecule has 0 spiro atoms. The molecule has 1 amide bonds. The van der Waals surface area contributed by atoms with Crippen LogP contribution < -0.4 is 5.32 Å². The van der Waals surface area contributed by atoms with Gasteiger partial charge < -0.3 is 5.32 Å². The molecule has 2 fully saturated rings. The van der Waals surface area contributed by atoms with Gasteiger partial charge in [-0.25, -0.2) is 0 Å². The summed E-state index contributed by atoms with van der Waals surface area (Å²) in [5, 5.41) is 2.90. The van der Waals surface area contributed by atoms with Gasteiger partial charge in [-0.1, -0.05) is 44.0 Å². The maximum atomic E-state index is 11.3. The Kier molecular flexibility index (Phi) is 1.69. The van der Waals surface area contributed by atoms with Crippen molar-refractivity contribution in [3.63, 3.8) is 0 Å². The molecule has 1 heterocycles. The first kappa shape index (κ1) is 8.48. The van der Waals surface area contributed by atoms with Crippen molar-refractivity contribution in [3.05, 3.63) is 12.2 Å². The zero-order chi connectivity index (χ0) is 9.16. The molecule has 2 aliphatic carbocycles. The third-order valence-corrected chi connectivity index (χ3v) is 6.51. The Labute approximate surface area is 93.4 Å². The van der Waals surface area contributed by atoms with Crippen LogP contribution in [-0.2, 0) is 4.79 Å². The van der Waals surface area contributed by atoms with E-state index >= 15 is 0 Å². The average Bonchev–Trinajstić information content (AvgIpc) is 2.14. The van der Waals surface area contributed by atoms with Crippen LogP contribution in [-0.4, -0.2) is 21.6 Å². The molecule has 0 bridgehead atoms. The summed E-state index contributed by atoms with van der Waals surface area (Å²) in [7, 11) is 0. The van der Waals surface area contributed by atoms with Gasteiger partial charge in [0.2, 0.25) is 5.91 Å². The van der Waals surface area contributed by atoms with E-state index in [1.54, 1.807) is 0 Å². The molecule has 0 unspecified atom stereocenters. The highest BCUT2D eigenvalue weighted by atomic mass is 79.9. The molecule has 0 radical (unpaired) electrons. The van der Waals surface area contributed by atoms with E-state index in [4.69, 9.17) is 0 Å². The van der Waals surface area contributed by atoms with Crippen LogP contribution in [0, 0.1) is 17.8 Å². The number of carbonyl (C=O) groups excluding carboxylic acids is 1. The van der Waals surface area contributed by atoms with Crippen LogP contribution in [0.4, 0.5) is 0 Å². The minimum absolute atomic E-state index is 0.230. The van der Waals surface area contributed by atoms with Crippen molar-refractivity contribution in [2.75, 3.05) is 0 Å². The van der Waals surface area contributed by atoms with Gasteiger partial charge in [-0.3, -0.25) is 4.79 Å². The van der Waals surface area contributed by atoms with E-state index in [-0.39, 0.29) is 11.8 Å². The Morgan fingerprint density at radius 1 is 1.23 bits per heavy atom. The minimum atomic E-state index is 0.230. The molecule has 13 heavy (non-hydrogen) atoms. The first-order valence-electron chi connectivity index (χ1n) is 4.47. The highest BCUT2D eigenvalue weighted by molar-refractivity contribution is 9.12. The fourth-order valence-electron chi connectivity index (χ4n) is 2.62. The lowest BCUT2D eigenvalue weighted by Gasteiger charge is -2.56. The Bertz CT molecular complexity index is 304. The Balaban J connectivity index is 1.92. The maximum Gasteiger partial charge on any atom is 0.226 e. The molecule has 1 saturated heterocycles. The van der Waals surface area contributed by atoms with Gasteiger partial charge in [0.1, 0.15) is 0 Å². The zero-order valence-electron chi connectivity index (χ0n) is 6.78. The molecule has 2 nitrogen and oxygen atoms in total. The summed E-state index contributed by atoms with van der Waals surface area (Å²) in [6, 6.07) is 0.314. The number of allylic oxidation sites excluding steroid dienone is 1. The zero-order valence-corrected chi connectivity index (χ0v) is 9.95. The van der Waals surface area contributed by atoms with Crippen LogP contribution >= 0.6 is 31.9 Å². The van der Waals surface area contributed by atoms with Gasteiger partial charge in [0, 0.05) is 9.65 Å². The number of alkyl halides is 2. The second kappa shape index (κ2) is 2.60. The number of hydrogen-bond acceptors (Lipinski definition) is 1. The van der Waals surface area contributed by atoms with Gasteiger partial charge in [-0.05, 0) is 11.8 Å². The van der Waals surface area contributed by atoms with Crippen molar-refractivity contribution in [1.29, 1.82) is 0 Å². The summed E-state index contributed by atoms with van der Waals surface area (Å²) in [5.41, 5.74) is 0. The highest BCUT2D eigenvalue weighted by Crippen LogP contribution is 2.54. The molecule has 70 valence electrons. The summed E-state index contributed by atoms with van der Waals surface area (Å²) in [5.74, 6) is 1.52. The fraction of sp³-hybridized carbons (Fsp3) is 0.667. The third-order valence-electron chi connectivity index (χ3n) is 3.44. The van der Waals surface area contributed by atoms with Crippen LogP contribution in [0.2, 0.25) is 0 Å². The lowest BCUT2D eigenvalue weighted by Crippen LogP contribution is -2.69. The smallest absolute Gasteiger partial charge is 0.226 e. The van der Waals surface area contributed by atoms with Gasteiger partial charge in [-0.2, -0.15) is 0 Å². The Morgan fingerprint density at radius 3 is 2.69 bits per heavy atom. The van der Waals surface area contributed by atoms with Crippen LogP contribution in [0.5, 0.6) is 0 Å². The number of fused-ring (bicyclic) bond motifs is 3. The molecule has 3 rings (SSSR count). The normalized spacial score (nSPS) is 56.9. The summed E-state index contributed by atoms with van der Waals surface area (Å²) in [6.07, 6.45) is 4.38. The number of amides is 1. The van der Waals surface area contributed by atoms with Gasteiger partial charge in [0.05, 0.1) is 12.0 Å². The third kappa shape index (κ3) is 0.911. The van der Waals surface area contributed by atoms with Crippen molar-refractivity contribution in [2.24, 2.45) is 17.8 Å². The predicted octanol–water partition coefficient (Wildman–Crippen LogP) is 1.44. The van der Waals surface area contributed by atoms with E-state index in [9.17, 15) is 4.79 Å². The van der Waals surface area contributed by atoms with E-state index in [0.29, 0.717) is 27.5 Å². The standard InChI is InChI=1S/C9H9Br2NO/c10-7-3-1-2-4-6(9(13)12-4)5(3)8(7)11/h1-8H,(H,12,13)/t3-,4+,5-,6-,7+,8-/m1/s1. The van der Waals surface area contributed by atoms with Crippen molar-refractivity contribution < 1.29 is 4.79 Å². The van der Waals surface area contributed by atoms with Crippen molar-refractivity contribution in [2.45, 2.75) is 15.7 Å². The van der Waals surface area contributed by atoms with Gasteiger partial charge in [0.15, 0.2) is 0 Å². The van der Waals surface area contributed by atoms with E-state index in [1.807, 2.05) is 0 Å². The largest absolute Gasteiger partial charge is 0.349 e. The molecule has 1 aliphatic heterocycles. The second-order valence-electron chi connectivity index (χ2n) is 3.99. The maximum absolute atomic E-state index is 11.3. The second-order valence-corrected chi connectivity index (χ2v) is 6.10. The van der Waals surface area contributed by atoms with Gasteiger partial charge in [-0.15, -0.1) is 0 Å². The molecule has 1 N–H and O–H groups in total. The van der Waals surface area contributed by atoms with Crippen LogP contribution in [0.15, 0.2) is 12.2 Å². The summed E-state index contributed by atoms with van der Waals surface area (Å²) in [6.45, 7) is 0. The number of carbonyl (C=O) groups is 1. The summed E-state index contributed by atoms with van der Waals surface area (Å²) in [4.78, 5) is 12.3. The number of β-lactam (4-membered cyclic amide) rings is 1. The number of rotatable bonds is 0. The highest BCUT2D eigenvalue weighted by Gasteiger charge is 2.59. The lowest BCUT2D eigenvalue weighted by atomic mass is 9.59. The minimum Gasteiger partial charge on any atom is -0.349 e. The molecule has 0 aromatic rings. The molecular weight excluding hydrogens is 298 g/mol. The topological polar surface area (TPSA) is 29.1 Å². The number of hydrogen-bond donors (Lipinski definition) is 1. The van der Waals surface area contributed by atoms with E-state index < -0.39 is 0 Å². The van der Waals surface area contributed by atoms with E-state index in [1.165, 1.54) is 0 Å². The van der Waals surface area contributed by atoms with Crippen LogP contribution in [0.1, 0.15) is 0 Å². The molecule has 3 aliphatic rings. The van der Waals surface area contributed by atoms with Gasteiger partial charge in [0.25, 0.3) is 0 Å². The molecule has 1 saturated carbocycles. The quantitative estimate of drug-likeness (QED) is 0.410. The summed E-state index contributed by atoms with van der Waals surface area (Å²) >= 11 is 7.26. The monoisotopic (exact) mass is 305 g/mol. The molecular formula is C9H9Br2NO. The SMILES string of the molecule is O=C1N[C@H]2C=C[C@H]3[C@H](Br)[C@H](Br)[C@H]3[C@H]12. The molecule has 4 heteroatoms. The van der Waals surface area contributed by atoms with Crippen molar-refractivity contribution >= 4 is 37.8 Å². The van der Waals surface area contributed by atoms with E-state index in [0.717, 1.165) is 0 Å². The molecule has 0 aromatic heterocycles. The van der Waals surface area contributed by atoms with Crippen LogP contribution in [0.25, 0.3) is 0 Å². The first-order chi connectivity index (χ1) is 6.20. The van der Waals surface area contributed by atoms with E-state index in [2.05, 4.69) is 49.3 Å². The van der Waals surface area contributed by atoms with Crippen molar-refractivity contribution in [3.8, 4) is 0 Å². The number of nitrogens with one attached hydrogen (secondary N) is 1. The average molecular weight is 307 g/mol. The fourth-order valence-corrected chi connectivity index (χ4v) is 4.54. The number of halogens is 2. The predicted molar refractivity (Wildman–Crippen MR) is 57.0 cm³/mol. The summed E-state index contributed by atoms with van der Waals surface area (Å²) < 4.78 is 0. The molecule has 0 aromatic carbocycles. The Morgan fingerprint density at radius 2 is 2.00 bits per heavy atom. The lowest BCUT2D eigenvalue weighted by molar-refractivity contribution is -0.139. The van der Waals surface area contributed by atoms with Crippen molar-refractivity contribution in [1.82, 2.24) is 5.32 Å². The van der Waals surface area contributed by atoms with Gasteiger partial charge >= 0.3 is 0 Å². The molecule has 6 atom stereocenters. The Hall–Kier alpha value is 0.170. The first-order valence-corrected chi connectivity index (χ1v) is 6.30. The van der Waals surface area contributed by atoms with Crippen LogP contribution in [0.3, 0.4) is 0 Å².